The van der Waals surface area contributed by atoms with Crippen LogP contribution in [-0.4, -0.2) is 54.5 Å². The van der Waals surface area contributed by atoms with E-state index in [0.29, 0.717) is 12.2 Å². The van der Waals surface area contributed by atoms with Crippen molar-refractivity contribution in [2.24, 2.45) is 0 Å². The van der Waals surface area contributed by atoms with Crippen LogP contribution < -0.4 is 10.6 Å². The second-order valence-electron chi connectivity index (χ2n) is 6.53. The fourth-order valence-electron chi connectivity index (χ4n) is 2.80. The Morgan fingerprint density at radius 3 is 2.77 bits per heavy atom. The molecule has 0 spiro atoms. The van der Waals surface area contributed by atoms with Crippen LogP contribution in [0.3, 0.4) is 0 Å². The van der Waals surface area contributed by atoms with Crippen molar-refractivity contribution >= 4 is 22.5 Å². The zero-order valence-corrected chi connectivity index (χ0v) is 15.2. The van der Waals surface area contributed by atoms with Gasteiger partial charge in [0.2, 0.25) is 0 Å². The Morgan fingerprint density at radius 2 is 2.00 bits per heavy atom. The number of fused-ring (bicyclic) bond motifs is 1. The van der Waals surface area contributed by atoms with Crippen molar-refractivity contribution in [3.63, 3.8) is 0 Å². The molecule has 0 fully saturated rings. The summed E-state index contributed by atoms with van der Waals surface area (Å²) in [5, 5.41) is 7.48. The summed E-state index contributed by atoms with van der Waals surface area (Å²) in [6.45, 7) is 2.22. The largest absolute Gasteiger partial charge is 0.383 e. The van der Waals surface area contributed by atoms with Crippen LogP contribution in [0.5, 0.6) is 0 Å². The summed E-state index contributed by atoms with van der Waals surface area (Å²) >= 11 is 0. The van der Waals surface area contributed by atoms with Gasteiger partial charge in [0.1, 0.15) is 5.69 Å². The van der Waals surface area contributed by atoms with Gasteiger partial charge in [0.15, 0.2) is 0 Å². The molecule has 0 aliphatic rings. The Labute approximate surface area is 153 Å². The number of hydrogen-bond acceptors (Lipinski definition) is 4. The number of rotatable bonds is 8. The van der Waals surface area contributed by atoms with E-state index in [1.807, 2.05) is 31.1 Å². The van der Waals surface area contributed by atoms with Gasteiger partial charge in [0.05, 0.1) is 11.9 Å². The molecule has 6 heteroatoms. The lowest BCUT2D eigenvalue weighted by atomic mass is 10.1. The van der Waals surface area contributed by atoms with Gasteiger partial charge in [0.25, 0.3) is 5.91 Å². The van der Waals surface area contributed by atoms with E-state index in [4.69, 9.17) is 0 Å². The molecule has 0 aliphatic carbocycles. The summed E-state index contributed by atoms with van der Waals surface area (Å²) < 4.78 is 0. The van der Waals surface area contributed by atoms with E-state index in [-0.39, 0.29) is 5.91 Å². The van der Waals surface area contributed by atoms with E-state index in [1.54, 1.807) is 12.3 Å². The lowest BCUT2D eigenvalue weighted by molar-refractivity contribution is 0.0946. The van der Waals surface area contributed by atoms with Crippen molar-refractivity contribution in [1.82, 2.24) is 20.2 Å². The second kappa shape index (κ2) is 8.49. The third kappa shape index (κ3) is 4.61. The number of hydrogen-bond donors (Lipinski definition) is 3. The van der Waals surface area contributed by atoms with Gasteiger partial charge < -0.3 is 20.5 Å². The van der Waals surface area contributed by atoms with E-state index in [9.17, 15) is 4.79 Å². The van der Waals surface area contributed by atoms with Crippen LogP contribution in [0, 0.1) is 0 Å². The zero-order valence-electron chi connectivity index (χ0n) is 15.2. The Morgan fingerprint density at radius 1 is 1.15 bits per heavy atom. The molecule has 2 aromatic heterocycles. The molecule has 0 aliphatic heterocycles. The molecule has 6 nitrogen and oxygen atoms in total. The minimum absolute atomic E-state index is 0.141. The number of aromatic amines is 1. The van der Waals surface area contributed by atoms with E-state index < -0.39 is 0 Å². The number of benzene rings is 1. The number of para-hydroxylation sites is 1. The van der Waals surface area contributed by atoms with Crippen molar-refractivity contribution in [1.29, 1.82) is 0 Å². The Bertz CT molecular complexity index is 854. The highest BCUT2D eigenvalue weighted by molar-refractivity contribution is 5.92. The Balaban J connectivity index is 1.49. The summed E-state index contributed by atoms with van der Waals surface area (Å²) in [5.74, 6) is -0.141. The van der Waals surface area contributed by atoms with Crippen LogP contribution >= 0.6 is 0 Å². The molecule has 2 heterocycles. The maximum atomic E-state index is 12.0. The van der Waals surface area contributed by atoms with Crippen LogP contribution in [-0.2, 0) is 6.42 Å². The number of pyridine rings is 1. The Hall–Kier alpha value is -2.86. The maximum absolute atomic E-state index is 12.0. The van der Waals surface area contributed by atoms with Crippen LogP contribution in [0.4, 0.5) is 5.69 Å². The van der Waals surface area contributed by atoms with Gasteiger partial charge in [-0.1, -0.05) is 18.2 Å². The van der Waals surface area contributed by atoms with Gasteiger partial charge in [-0.3, -0.25) is 4.79 Å². The first-order chi connectivity index (χ1) is 12.6. The number of likely N-dealkylation sites (N-methyl/N-ethyl adjacent to an activating group) is 1. The third-order valence-electron chi connectivity index (χ3n) is 4.24. The van der Waals surface area contributed by atoms with Crippen molar-refractivity contribution in [2.45, 2.75) is 6.42 Å². The molecule has 0 saturated heterocycles. The number of anilines is 1. The van der Waals surface area contributed by atoms with Gasteiger partial charge in [-0.15, -0.1) is 0 Å². The SMILES string of the molecule is CN(C)CCNC(=O)c1ccc(NCCc2c[nH]c3ccccc23)cn1. The van der Waals surface area contributed by atoms with Crippen LogP contribution in [0.1, 0.15) is 16.1 Å². The first-order valence-electron chi connectivity index (χ1n) is 8.81. The van der Waals surface area contributed by atoms with Crippen LogP contribution in [0.15, 0.2) is 48.8 Å². The first kappa shape index (κ1) is 17.9. The molecule has 3 aromatic rings. The smallest absolute Gasteiger partial charge is 0.269 e. The summed E-state index contributed by atoms with van der Waals surface area (Å²) in [5.41, 5.74) is 3.80. The number of nitrogens with zero attached hydrogens (tertiary/aromatic N) is 2. The summed E-state index contributed by atoms with van der Waals surface area (Å²) in [6.07, 6.45) is 4.68. The van der Waals surface area contributed by atoms with Crippen LogP contribution in [0.2, 0.25) is 0 Å². The average Bonchev–Trinajstić information content (AvgIpc) is 3.05. The molecular weight excluding hydrogens is 326 g/mol. The molecule has 3 N–H and O–H groups in total. The normalized spacial score (nSPS) is 11.0. The standard InChI is InChI=1S/C20H25N5O/c1-25(2)12-11-22-20(26)19-8-7-16(14-24-19)21-10-9-15-13-23-18-6-4-3-5-17(15)18/h3-8,13-14,21,23H,9-12H2,1-2H3,(H,22,26). The highest BCUT2D eigenvalue weighted by Gasteiger charge is 2.07. The lowest BCUT2D eigenvalue weighted by Gasteiger charge is -2.10. The molecule has 0 radical (unpaired) electrons. The Kier molecular flexibility index (Phi) is 5.86. The maximum Gasteiger partial charge on any atom is 0.269 e. The van der Waals surface area contributed by atoms with Crippen molar-refractivity contribution in [3.05, 3.63) is 60.0 Å². The van der Waals surface area contributed by atoms with Gasteiger partial charge >= 0.3 is 0 Å². The molecule has 0 atom stereocenters. The van der Waals surface area contributed by atoms with Gasteiger partial charge in [-0.25, -0.2) is 4.98 Å². The number of H-pyrrole nitrogens is 1. The molecule has 1 aromatic carbocycles. The molecule has 26 heavy (non-hydrogen) atoms. The molecule has 0 saturated carbocycles. The first-order valence-corrected chi connectivity index (χ1v) is 8.81. The molecular formula is C20H25N5O. The fourth-order valence-corrected chi connectivity index (χ4v) is 2.80. The predicted molar refractivity (Wildman–Crippen MR) is 106 cm³/mol. The topological polar surface area (TPSA) is 73.1 Å². The van der Waals surface area contributed by atoms with Gasteiger partial charge in [0, 0.05) is 36.7 Å². The molecule has 0 unspecified atom stereocenters. The quantitative estimate of drug-likeness (QED) is 0.583. The minimum atomic E-state index is -0.141. The van der Waals surface area contributed by atoms with Gasteiger partial charge in [-0.2, -0.15) is 0 Å². The second-order valence-corrected chi connectivity index (χ2v) is 6.53. The summed E-state index contributed by atoms with van der Waals surface area (Å²) in [7, 11) is 3.95. The highest BCUT2D eigenvalue weighted by atomic mass is 16.1. The molecule has 1 amide bonds. The number of aromatic nitrogens is 2. The van der Waals surface area contributed by atoms with Gasteiger partial charge in [-0.05, 0) is 44.3 Å². The predicted octanol–water partition coefficient (Wildman–Crippen LogP) is 2.51. The number of carbonyl (C=O) groups is 1. The lowest BCUT2D eigenvalue weighted by Crippen LogP contribution is -2.31. The molecule has 3 rings (SSSR count). The van der Waals surface area contributed by atoms with Crippen molar-refractivity contribution in [3.8, 4) is 0 Å². The summed E-state index contributed by atoms with van der Waals surface area (Å²) in [6, 6.07) is 11.9. The number of amides is 1. The highest BCUT2D eigenvalue weighted by Crippen LogP contribution is 2.18. The zero-order chi connectivity index (χ0) is 18.4. The summed E-state index contributed by atoms with van der Waals surface area (Å²) in [4.78, 5) is 21.6. The van der Waals surface area contributed by atoms with Crippen molar-refractivity contribution in [2.75, 3.05) is 39.0 Å². The third-order valence-corrected chi connectivity index (χ3v) is 4.24. The van der Waals surface area contributed by atoms with E-state index >= 15 is 0 Å². The van der Waals surface area contributed by atoms with E-state index in [1.165, 1.54) is 10.9 Å². The number of carbonyl (C=O) groups excluding carboxylic acids is 1. The fraction of sp³-hybridized carbons (Fsp3) is 0.300. The number of nitrogens with one attached hydrogen (secondary N) is 3. The molecule has 0 bridgehead atoms. The monoisotopic (exact) mass is 351 g/mol. The van der Waals surface area contributed by atoms with E-state index in [2.05, 4.69) is 45.0 Å². The van der Waals surface area contributed by atoms with E-state index in [0.717, 1.165) is 30.7 Å². The minimum Gasteiger partial charge on any atom is -0.383 e. The average molecular weight is 351 g/mol. The van der Waals surface area contributed by atoms with Crippen molar-refractivity contribution < 1.29 is 4.79 Å². The molecule has 136 valence electrons. The van der Waals surface area contributed by atoms with Crippen LogP contribution in [0.25, 0.3) is 10.9 Å².